The van der Waals surface area contributed by atoms with Crippen LogP contribution in [0.25, 0.3) is 0 Å². The molecule has 0 aliphatic heterocycles. The van der Waals surface area contributed by atoms with Crippen LogP contribution in [0.1, 0.15) is 37.9 Å². The van der Waals surface area contributed by atoms with E-state index in [4.69, 9.17) is 4.52 Å². The van der Waals surface area contributed by atoms with Crippen molar-refractivity contribution < 1.29 is 14.2 Å². The molecular weight excluding hydrogens is 198 g/mol. The summed E-state index contributed by atoms with van der Waals surface area (Å²) < 4.78 is 4.97. The van der Waals surface area contributed by atoms with Crippen molar-refractivity contribution in [2.45, 2.75) is 32.6 Å². The van der Waals surface area contributed by atoms with E-state index < -0.39 is 0 Å². The molecular formula is C9H15N3O3. The second kappa shape index (κ2) is 5.45. The van der Waals surface area contributed by atoms with Crippen LogP contribution in [0.5, 0.6) is 0 Å². The molecule has 1 aromatic rings. The van der Waals surface area contributed by atoms with Gasteiger partial charge in [0.25, 0.3) is 0 Å². The van der Waals surface area contributed by atoms with Crippen molar-refractivity contribution in [2.75, 3.05) is 7.11 Å². The summed E-state index contributed by atoms with van der Waals surface area (Å²) in [6.07, 6.45) is 0.697. The number of nitrogens with zero attached hydrogens (tertiary/aromatic N) is 2. The molecule has 0 atom stereocenters. The summed E-state index contributed by atoms with van der Waals surface area (Å²) in [5.74, 6) is 1.17. The lowest BCUT2D eigenvalue weighted by molar-refractivity contribution is -0.131. The Labute approximate surface area is 87.9 Å². The number of hydroxylamine groups is 1. The summed E-state index contributed by atoms with van der Waals surface area (Å²) in [5.41, 5.74) is 2.22. The van der Waals surface area contributed by atoms with Crippen LogP contribution in [-0.2, 0) is 16.1 Å². The van der Waals surface area contributed by atoms with Crippen molar-refractivity contribution in [3.05, 3.63) is 11.7 Å². The zero-order chi connectivity index (χ0) is 11.3. The summed E-state index contributed by atoms with van der Waals surface area (Å²) in [6, 6.07) is 0. The van der Waals surface area contributed by atoms with Crippen molar-refractivity contribution >= 4 is 5.91 Å². The van der Waals surface area contributed by atoms with Crippen LogP contribution >= 0.6 is 0 Å². The van der Waals surface area contributed by atoms with Crippen LogP contribution < -0.4 is 5.48 Å². The van der Waals surface area contributed by atoms with Gasteiger partial charge in [0.1, 0.15) is 0 Å². The molecule has 1 aromatic heterocycles. The monoisotopic (exact) mass is 213 g/mol. The topological polar surface area (TPSA) is 77.2 Å². The lowest BCUT2D eigenvalue weighted by Crippen LogP contribution is -2.21. The predicted octanol–water partition coefficient (Wildman–Crippen LogP) is 0.803. The van der Waals surface area contributed by atoms with Crippen LogP contribution in [0.2, 0.25) is 0 Å². The first-order valence-corrected chi connectivity index (χ1v) is 4.77. The van der Waals surface area contributed by atoms with E-state index in [1.807, 2.05) is 13.8 Å². The van der Waals surface area contributed by atoms with Gasteiger partial charge >= 0.3 is 0 Å². The molecule has 0 bridgehead atoms. The molecule has 84 valence electrons. The van der Waals surface area contributed by atoms with Gasteiger partial charge in [0.2, 0.25) is 11.8 Å². The van der Waals surface area contributed by atoms with Crippen molar-refractivity contribution in [1.82, 2.24) is 15.6 Å². The van der Waals surface area contributed by atoms with E-state index in [9.17, 15) is 4.79 Å². The average Bonchev–Trinajstić information content (AvgIpc) is 2.63. The molecule has 1 amide bonds. The fourth-order valence-electron chi connectivity index (χ4n) is 0.989. The first kappa shape index (κ1) is 11.6. The highest BCUT2D eigenvalue weighted by molar-refractivity contribution is 5.74. The molecule has 0 aromatic carbocycles. The van der Waals surface area contributed by atoms with Crippen LogP contribution in [0.4, 0.5) is 0 Å². The Bertz CT molecular complexity index is 322. The smallest absolute Gasteiger partial charge is 0.244 e. The minimum Gasteiger partial charge on any atom is -0.339 e. The molecule has 0 aliphatic carbocycles. The largest absolute Gasteiger partial charge is 0.339 e. The SMILES string of the molecule is CONC(=O)CCc1nc(C(C)C)no1. The molecule has 15 heavy (non-hydrogen) atoms. The third kappa shape index (κ3) is 3.67. The van der Waals surface area contributed by atoms with Crippen LogP contribution in [-0.4, -0.2) is 23.2 Å². The highest BCUT2D eigenvalue weighted by atomic mass is 16.6. The second-order valence-corrected chi connectivity index (χ2v) is 3.43. The normalized spacial score (nSPS) is 10.7. The van der Waals surface area contributed by atoms with Crippen LogP contribution in [0, 0.1) is 0 Å². The van der Waals surface area contributed by atoms with E-state index in [1.54, 1.807) is 0 Å². The number of hydrogen-bond acceptors (Lipinski definition) is 5. The molecule has 6 nitrogen and oxygen atoms in total. The minimum atomic E-state index is -0.207. The maximum absolute atomic E-state index is 11.0. The molecule has 6 heteroatoms. The van der Waals surface area contributed by atoms with Gasteiger partial charge in [-0.05, 0) is 0 Å². The van der Waals surface area contributed by atoms with E-state index in [0.29, 0.717) is 18.1 Å². The van der Waals surface area contributed by atoms with Gasteiger partial charge in [-0.2, -0.15) is 4.98 Å². The molecule has 0 saturated carbocycles. The van der Waals surface area contributed by atoms with Gasteiger partial charge in [-0.15, -0.1) is 0 Å². The fourth-order valence-corrected chi connectivity index (χ4v) is 0.989. The second-order valence-electron chi connectivity index (χ2n) is 3.43. The van der Waals surface area contributed by atoms with Gasteiger partial charge < -0.3 is 4.52 Å². The molecule has 0 radical (unpaired) electrons. The zero-order valence-electron chi connectivity index (χ0n) is 9.11. The summed E-state index contributed by atoms with van der Waals surface area (Å²) >= 11 is 0. The number of carbonyl (C=O) groups excluding carboxylic acids is 1. The molecule has 0 aliphatic rings. The van der Waals surface area contributed by atoms with Gasteiger partial charge in [0, 0.05) is 18.8 Å². The highest BCUT2D eigenvalue weighted by Gasteiger charge is 2.10. The highest BCUT2D eigenvalue weighted by Crippen LogP contribution is 2.10. The van der Waals surface area contributed by atoms with Gasteiger partial charge in [-0.25, -0.2) is 5.48 Å². The Morgan fingerprint density at radius 3 is 2.87 bits per heavy atom. The summed E-state index contributed by atoms with van der Waals surface area (Å²) in [6.45, 7) is 3.96. The number of aryl methyl sites for hydroxylation is 1. The van der Waals surface area contributed by atoms with E-state index in [1.165, 1.54) is 7.11 Å². The minimum absolute atomic E-state index is 0.207. The molecule has 0 spiro atoms. The Morgan fingerprint density at radius 1 is 1.60 bits per heavy atom. The van der Waals surface area contributed by atoms with Crippen molar-refractivity contribution in [3.8, 4) is 0 Å². The number of amides is 1. The van der Waals surface area contributed by atoms with E-state index in [-0.39, 0.29) is 18.2 Å². The Kier molecular flexibility index (Phi) is 4.23. The van der Waals surface area contributed by atoms with Crippen molar-refractivity contribution in [2.24, 2.45) is 0 Å². The standard InChI is InChI=1S/C9H15N3O3/c1-6(2)9-10-8(15-12-9)5-4-7(13)11-14-3/h6H,4-5H2,1-3H3,(H,11,13). The Hall–Kier alpha value is -1.43. The van der Waals surface area contributed by atoms with Crippen LogP contribution in [0.3, 0.4) is 0 Å². The van der Waals surface area contributed by atoms with Crippen molar-refractivity contribution in [3.63, 3.8) is 0 Å². The number of carbonyl (C=O) groups is 1. The van der Waals surface area contributed by atoms with E-state index in [0.717, 1.165) is 0 Å². The molecule has 1 heterocycles. The maximum atomic E-state index is 11.0. The first-order chi connectivity index (χ1) is 7.13. The van der Waals surface area contributed by atoms with E-state index in [2.05, 4.69) is 20.5 Å². The average molecular weight is 213 g/mol. The first-order valence-electron chi connectivity index (χ1n) is 4.77. The fraction of sp³-hybridized carbons (Fsp3) is 0.667. The lowest BCUT2D eigenvalue weighted by Gasteiger charge is -1.98. The number of rotatable bonds is 5. The Morgan fingerprint density at radius 2 is 2.33 bits per heavy atom. The van der Waals surface area contributed by atoms with Crippen molar-refractivity contribution in [1.29, 1.82) is 0 Å². The predicted molar refractivity (Wildman–Crippen MR) is 51.9 cm³/mol. The van der Waals surface area contributed by atoms with E-state index >= 15 is 0 Å². The molecule has 0 fully saturated rings. The molecule has 0 unspecified atom stereocenters. The van der Waals surface area contributed by atoms with Crippen LogP contribution in [0.15, 0.2) is 4.52 Å². The molecule has 1 rings (SSSR count). The summed E-state index contributed by atoms with van der Waals surface area (Å²) in [7, 11) is 1.39. The van der Waals surface area contributed by atoms with Gasteiger partial charge in [-0.1, -0.05) is 19.0 Å². The number of aromatic nitrogens is 2. The molecule has 0 saturated heterocycles. The molecule has 1 N–H and O–H groups in total. The zero-order valence-corrected chi connectivity index (χ0v) is 9.11. The summed E-state index contributed by atoms with van der Waals surface area (Å²) in [4.78, 5) is 19.6. The third-order valence-electron chi connectivity index (χ3n) is 1.78. The third-order valence-corrected chi connectivity index (χ3v) is 1.78. The van der Waals surface area contributed by atoms with Gasteiger partial charge in [0.05, 0.1) is 7.11 Å². The maximum Gasteiger partial charge on any atom is 0.244 e. The van der Waals surface area contributed by atoms with Gasteiger partial charge in [0.15, 0.2) is 5.82 Å². The number of nitrogens with one attached hydrogen (secondary N) is 1. The quantitative estimate of drug-likeness (QED) is 0.732. The summed E-state index contributed by atoms with van der Waals surface area (Å²) in [5, 5.41) is 3.79. The lowest BCUT2D eigenvalue weighted by atomic mass is 10.2. The van der Waals surface area contributed by atoms with Gasteiger partial charge in [-0.3, -0.25) is 9.63 Å². The number of hydrogen-bond donors (Lipinski definition) is 1. The Balaban J connectivity index is 2.41.